The van der Waals surface area contributed by atoms with E-state index < -0.39 is 0 Å². The molecule has 0 bridgehead atoms. The summed E-state index contributed by atoms with van der Waals surface area (Å²) >= 11 is 11.5. The summed E-state index contributed by atoms with van der Waals surface area (Å²) in [6, 6.07) is 0. The lowest BCUT2D eigenvalue weighted by Crippen LogP contribution is -2.27. The van der Waals surface area contributed by atoms with E-state index in [9.17, 15) is 0 Å². The van der Waals surface area contributed by atoms with Gasteiger partial charge < -0.3 is 10.0 Å². The van der Waals surface area contributed by atoms with E-state index in [2.05, 4.69) is 9.97 Å². The van der Waals surface area contributed by atoms with Gasteiger partial charge in [0, 0.05) is 13.1 Å². The van der Waals surface area contributed by atoms with Crippen molar-refractivity contribution < 1.29 is 5.11 Å². The molecular formula is C8H11Cl2N3O. The molecule has 0 unspecified atom stereocenters. The molecule has 1 aromatic heterocycles. The highest BCUT2D eigenvalue weighted by molar-refractivity contribution is 6.33. The molecule has 1 heterocycles. The van der Waals surface area contributed by atoms with Crippen LogP contribution in [-0.2, 0) is 0 Å². The predicted molar refractivity (Wildman–Crippen MR) is 57.0 cm³/mol. The highest BCUT2D eigenvalue weighted by Gasteiger charge is 2.10. The van der Waals surface area contributed by atoms with Crippen LogP contribution in [0.2, 0.25) is 10.3 Å². The summed E-state index contributed by atoms with van der Waals surface area (Å²) < 4.78 is 0. The van der Waals surface area contributed by atoms with Crippen LogP contribution < -0.4 is 4.90 Å². The second-order valence-corrected chi connectivity index (χ2v) is 3.36. The van der Waals surface area contributed by atoms with E-state index in [4.69, 9.17) is 28.3 Å². The molecule has 0 saturated carbocycles. The molecule has 0 atom stereocenters. The average molecular weight is 236 g/mol. The minimum absolute atomic E-state index is 0.0474. The number of aliphatic hydroxyl groups excluding tert-OH is 1. The zero-order valence-corrected chi connectivity index (χ0v) is 9.26. The van der Waals surface area contributed by atoms with E-state index in [1.807, 2.05) is 11.8 Å². The molecule has 4 nitrogen and oxygen atoms in total. The lowest BCUT2D eigenvalue weighted by molar-refractivity contribution is 0.302. The van der Waals surface area contributed by atoms with Crippen LogP contribution in [0, 0.1) is 0 Å². The monoisotopic (exact) mass is 235 g/mol. The number of anilines is 1. The molecular weight excluding hydrogens is 225 g/mol. The van der Waals surface area contributed by atoms with Crippen LogP contribution in [0.5, 0.6) is 0 Å². The Hall–Kier alpha value is -0.580. The molecule has 0 aliphatic carbocycles. The largest absolute Gasteiger partial charge is 0.395 e. The van der Waals surface area contributed by atoms with Crippen LogP contribution >= 0.6 is 23.2 Å². The van der Waals surface area contributed by atoms with E-state index in [0.717, 1.165) is 0 Å². The van der Waals surface area contributed by atoms with Crippen molar-refractivity contribution in [3.8, 4) is 0 Å². The summed E-state index contributed by atoms with van der Waals surface area (Å²) in [4.78, 5) is 9.58. The Balaban J connectivity index is 2.96. The Kier molecular flexibility index (Phi) is 4.38. The molecule has 1 rings (SSSR count). The van der Waals surface area contributed by atoms with Gasteiger partial charge in [0.15, 0.2) is 5.82 Å². The van der Waals surface area contributed by atoms with Gasteiger partial charge in [0.25, 0.3) is 0 Å². The number of likely N-dealkylation sites (N-methyl/N-ethyl adjacent to an activating group) is 1. The quantitative estimate of drug-likeness (QED) is 0.806. The number of aromatic nitrogens is 2. The molecule has 0 radical (unpaired) electrons. The first kappa shape index (κ1) is 11.5. The Morgan fingerprint density at radius 1 is 1.50 bits per heavy atom. The van der Waals surface area contributed by atoms with Gasteiger partial charge in [0.2, 0.25) is 5.28 Å². The van der Waals surface area contributed by atoms with Crippen LogP contribution in [0.1, 0.15) is 6.92 Å². The molecule has 0 fully saturated rings. The van der Waals surface area contributed by atoms with E-state index in [-0.39, 0.29) is 11.9 Å². The van der Waals surface area contributed by atoms with Crippen LogP contribution in [0.3, 0.4) is 0 Å². The normalized spacial score (nSPS) is 10.3. The first-order chi connectivity index (χ1) is 6.69. The molecule has 6 heteroatoms. The van der Waals surface area contributed by atoms with Crippen molar-refractivity contribution in [2.45, 2.75) is 6.92 Å². The average Bonchev–Trinajstić information content (AvgIpc) is 2.18. The second kappa shape index (κ2) is 5.34. The van der Waals surface area contributed by atoms with Gasteiger partial charge >= 0.3 is 0 Å². The Morgan fingerprint density at radius 2 is 2.21 bits per heavy atom. The standard InChI is InChI=1S/C8H11Cl2N3O/c1-2-13(3-4-14)7-6(9)5-11-8(10)12-7/h5,14H,2-4H2,1H3. The van der Waals surface area contributed by atoms with Crippen molar-refractivity contribution >= 4 is 29.0 Å². The van der Waals surface area contributed by atoms with Crippen molar-refractivity contribution in [2.24, 2.45) is 0 Å². The number of aliphatic hydroxyl groups is 1. The van der Waals surface area contributed by atoms with Crippen LogP contribution in [0.25, 0.3) is 0 Å². The minimum Gasteiger partial charge on any atom is -0.395 e. The summed E-state index contributed by atoms with van der Waals surface area (Å²) in [5.74, 6) is 0.559. The summed E-state index contributed by atoms with van der Waals surface area (Å²) in [6.45, 7) is 3.17. The van der Waals surface area contributed by atoms with Gasteiger partial charge in [0.05, 0.1) is 12.8 Å². The zero-order chi connectivity index (χ0) is 10.6. The van der Waals surface area contributed by atoms with Gasteiger partial charge in [-0.25, -0.2) is 4.98 Å². The molecule has 0 aliphatic rings. The van der Waals surface area contributed by atoms with E-state index >= 15 is 0 Å². The third-order valence-corrected chi connectivity index (χ3v) is 2.20. The lowest BCUT2D eigenvalue weighted by Gasteiger charge is -2.21. The van der Waals surface area contributed by atoms with Crippen molar-refractivity contribution in [1.29, 1.82) is 0 Å². The summed E-state index contributed by atoms with van der Waals surface area (Å²) in [5.41, 5.74) is 0. The van der Waals surface area contributed by atoms with Gasteiger partial charge in [-0.1, -0.05) is 11.6 Å². The molecule has 1 N–H and O–H groups in total. The second-order valence-electron chi connectivity index (χ2n) is 2.61. The third-order valence-electron chi connectivity index (χ3n) is 1.75. The van der Waals surface area contributed by atoms with E-state index in [1.54, 1.807) is 0 Å². The highest BCUT2D eigenvalue weighted by Crippen LogP contribution is 2.23. The molecule has 14 heavy (non-hydrogen) atoms. The number of hydrogen-bond donors (Lipinski definition) is 1. The maximum absolute atomic E-state index is 8.83. The van der Waals surface area contributed by atoms with Crippen molar-refractivity contribution in [3.05, 3.63) is 16.5 Å². The van der Waals surface area contributed by atoms with Gasteiger partial charge in [-0.05, 0) is 18.5 Å². The van der Waals surface area contributed by atoms with E-state index in [0.29, 0.717) is 23.9 Å². The SMILES string of the molecule is CCN(CCO)c1nc(Cl)ncc1Cl. The molecule has 0 aliphatic heterocycles. The van der Waals surface area contributed by atoms with Crippen molar-refractivity contribution in [2.75, 3.05) is 24.6 Å². The van der Waals surface area contributed by atoms with Crippen LogP contribution in [0.15, 0.2) is 6.20 Å². The molecule has 78 valence electrons. The molecule has 0 aromatic carbocycles. The Bertz CT molecular complexity index is 309. The molecule has 0 amide bonds. The smallest absolute Gasteiger partial charge is 0.224 e. The van der Waals surface area contributed by atoms with Crippen molar-refractivity contribution in [1.82, 2.24) is 9.97 Å². The van der Waals surface area contributed by atoms with Crippen LogP contribution in [-0.4, -0.2) is 34.8 Å². The van der Waals surface area contributed by atoms with Gasteiger partial charge in [-0.15, -0.1) is 0 Å². The fourth-order valence-electron chi connectivity index (χ4n) is 1.09. The maximum atomic E-state index is 8.83. The fourth-order valence-corrected chi connectivity index (χ4v) is 1.43. The molecule has 0 spiro atoms. The summed E-state index contributed by atoms with van der Waals surface area (Å²) in [5, 5.41) is 9.42. The summed E-state index contributed by atoms with van der Waals surface area (Å²) in [6.07, 6.45) is 1.45. The lowest BCUT2D eigenvalue weighted by atomic mass is 10.4. The highest BCUT2D eigenvalue weighted by atomic mass is 35.5. The number of nitrogens with zero attached hydrogens (tertiary/aromatic N) is 3. The third kappa shape index (κ3) is 2.70. The van der Waals surface area contributed by atoms with Crippen molar-refractivity contribution in [3.63, 3.8) is 0 Å². The number of hydrogen-bond acceptors (Lipinski definition) is 4. The van der Waals surface area contributed by atoms with E-state index in [1.165, 1.54) is 6.20 Å². The predicted octanol–water partition coefficient (Wildman–Crippen LogP) is 1.60. The van der Waals surface area contributed by atoms with Gasteiger partial charge in [-0.2, -0.15) is 4.98 Å². The fraction of sp³-hybridized carbons (Fsp3) is 0.500. The van der Waals surface area contributed by atoms with Gasteiger partial charge in [-0.3, -0.25) is 0 Å². The first-order valence-electron chi connectivity index (χ1n) is 4.23. The first-order valence-corrected chi connectivity index (χ1v) is 4.98. The Labute approximate surface area is 92.5 Å². The number of rotatable bonds is 4. The minimum atomic E-state index is 0.0474. The molecule has 0 saturated heterocycles. The number of halogens is 2. The zero-order valence-electron chi connectivity index (χ0n) is 7.74. The van der Waals surface area contributed by atoms with Crippen LogP contribution in [0.4, 0.5) is 5.82 Å². The maximum Gasteiger partial charge on any atom is 0.224 e. The summed E-state index contributed by atoms with van der Waals surface area (Å²) in [7, 11) is 0. The topological polar surface area (TPSA) is 49.2 Å². The Morgan fingerprint density at radius 3 is 2.79 bits per heavy atom. The van der Waals surface area contributed by atoms with Gasteiger partial charge in [0.1, 0.15) is 5.02 Å². The molecule has 1 aromatic rings.